The van der Waals surface area contributed by atoms with Gasteiger partial charge in [-0.2, -0.15) is 0 Å². The van der Waals surface area contributed by atoms with E-state index in [-0.39, 0.29) is 5.69 Å². The molecule has 19 heavy (non-hydrogen) atoms. The Kier molecular flexibility index (Phi) is 3.66. The number of nitrogens with two attached hydrogens (primary N) is 1. The highest BCUT2D eigenvalue weighted by atomic mass is 16.6. The number of aryl methyl sites for hydroxylation is 1. The summed E-state index contributed by atoms with van der Waals surface area (Å²) in [6.07, 6.45) is 0. The fourth-order valence-electron chi connectivity index (χ4n) is 1.75. The quantitative estimate of drug-likeness (QED) is 0.501. The van der Waals surface area contributed by atoms with Crippen LogP contribution in [0.3, 0.4) is 0 Å². The molecular weight excluding hydrogens is 242 g/mol. The molecule has 5 nitrogen and oxygen atoms in total. The number of hydrogen-bond acceptors (Lipinski definition) is 4. The smallest absolute Gasteiger partial charge is 0.273 e. The van der Waals surface area contributed by atoms with E-state index >= 15 is 0 Å². The summed E-state index contributed by atoms with van der Waals surface area (Å²) in [5, 5.41) is 13.9. The van der Waals surface area contributed by atoms with Gasteiger partial charge in [-0.3, -0.25) is 10.1 Å². The fourth-order valence-corrected chi connectivity index (χ4v) is 1.75. The lowest BCUT2D eigenvalue weighted by molar-refractivity contribution is -0.384. The van der Waals surface area contributed by atoms with Gasteiger partial charge in [0, 0.05) is 30.1 Å². The number of benzene rings is 2. The molecule has 98 valence electrons. The molecule has 0 aliphatic rings. The van der Waals surface area contributed by atoms with Gasteiger partial charge >= 0.3 is 0 Å². The second kappa shape index (κ2) is 5.39. The number of rotatable bonds is 4. The summed E-state index contributed by atoms with van der Waals surface area (Å²) in [4.78, 5) is 10.3. The van der Waals surface area contributed by atoms with Gasteiger partial charge in [0.2, 0.25) is 0 Å². The van der Waals surface area contributed by atoms with Crippen LogP contribution in [0.5, 0.6) is 0 Å². The predicted molar refractivity (Wildman–Crippen MR) is 76.0 cm³/mol. The summed E-state index contributed by atoms with van der Waals surface area (Å²) >= 11 is 0. The van der Waals surface area contributed by atoms with Gasteiger partial charge in [0.25, 0.3) is 5.69 Å². The highest BCUT2D eigenvalue weighted by Gasteiger charge is 2.08. The minimum atomic E-state index is -0.451. The lowest BCUT2D eigenvalue weighted by atomic mass is 10.1. The van der Waals surface area contributed by atoms with Gasteiger partial charge < -0.3 is 11.1 Å². The van der Waals surface area contributed by atoms with Crippen molar-refractivity contribution < 1.29 is 4.92 Å². The van der Waals surface area contributed by atoms with Crippen LogP contribution in [0.4, 0.5) is 17.1 Å². The number of hydrogen-bond donors (Lipinski definition) is 2. The monoisotopic (exact) mass is 257 g/mol. The molecule has 3 N–H and O–H groups in total. The van der Waals surface area contributed by atoms with Crippen LogP contribution in [0.1, 0.15) is 11.1 Å². The first-order valence-electron chi connectivity index (χ1n) is 5.89. The topological polar surface area (TPSA) is 81.2 Å². The first-order valence-corrected chi connectivity index (χ1v) is 5.89. The molecule has 0 atom stereocenters. The number of non-ortho nitro benzene ring substituents is 1. The highest BCUT2D eigenvalue weighted by Crippen LogP contribution is 2.22. The number of nitrogen functional groups attached to an aromatic ring is 1. The number of nitrogens with zero attached hydrogens (tertiary/aromatic N) is 1. The van der Waals surface area contributed by atoms with Crippen molar-refractivity contribution in [3.63, 3.8) is 0 Å². The summed E-state index contributed by atoms with van der Waals surface area (Å²) in [7, 11) is 0. The van der Waals surface area contributed by atoms with E-state index in [4.69, 9.17) is 5.73 Å². The third-order valence-electron chi connectivity index (χ3n) is 2.77. The van der Waals surface area contributed by atoms with Crippen molar-refractivity contribution in [3.8, 4) is 0 Å². The first-order chi connectivity index (χ1) is 9.04. The van der Waals surface area contributed by atoms with E-state index < -0.39 is 4.92 Å². The molecular formula is C14H15N3O2. The maximum Gasteiger partial charge on any atom is 0.273 e. The van der Waals surface area contributed by atoms with Gasteiger partial charge in [-0.15, -0.1) is 0 Å². The summed E-state index contributed by atoms with van der Waals surface area (Å²) in [5.74, 6) is 0. The maximum absolute atomic E-state index is 10.7. The van der Waals surface area contributed by atoms with Gasteiger partial charge in [0.15, 0.2) is 0 Å². The molecule has 2 rings (SSSR count). The van der Waals surface area contributed by atoms with Crippen molar-refractivity contribution in [1.82, 2.24) is 0 Å². The van der Waals surface area contributed by atoms with Gasteiger partial charge in [-0.25, -0.2) is 0 Å². The molecule has 2 aromatic rings. The van der Waals surface area contributed by atoms with E-state index in [1.54, 1.807) is 6.07 Å². The molecule has 0 aromatic heterocycles. The second-order valence-electron chi connectivity index (χ2n) is 4.41. The van der Waals surface area contributed by atoms with Crippen LogP contribution in [0.15, 0.2) is 42.5 Å². The van der Waals surface area contributed by atoms with Crippen molar-refractivity contribution in [3.05, 3.63) is 63.7 Å². The predicted octanol–water partition coefficient (Wildman–Crippen LogP) is 3.10. The van der Waals surface area contributed by atoms with E-state index in [2.05, 4.69) is 5.32 Å². The lowest BCUT2D eigenvalue weighted by Gasteiger charge is -2.07. The molecule has 0 saturated heterocycles. The van der Waals surface area contributed by atoms with E-state index in [0.29, 0.717) is 17.9 Å². The van der Waals surface area contributed by atoms with Gasteiger partial charge in [-0.05, 0) is 18.6 Å². The van der Waals surface area contributed by atoms with Crippen LogP contribution in [0, 0.1) is 17.0 Å². The Labute approximate surface area is 111 Å². The van der Waals surface area contributed by atoms with Crippen molar-refractivity contribution in [2.24, 2.45) is 0 Å². The molecule has 0 unspecified atom stereocenters. The van der Waals surface area contributed by atoms with E-state index in [1.807, 2.05) is 31.2 Å². The molecule has 5 heteroatoms. The molecule has 0 fully saturated rings. The lowest BCUT2D eigenvalue weighted by Crippen LogP contribution is -2.01. The summed E-state index contributed by atoms with van der Waals surface area (Å²) in [6.45, 7) is 2.62. The van der Waals surface area contributed by atoms with Crippen molar-refractivity contribution in [1.29, 1.82) is 0 Å². The molecule has 0 radical (unpaired) electrons. The second-order valence-corrected chi connectivity index (χ2v) is 4.41. The molecule has 0 saturated carbocycles. The number of nitrogens with one attached hydrogen (secondary N) is 1. The zero-order valence-electron chi connectivity index (χ0n) is 10.6. The fraction of sp³-hybridized carbons (Fsp3) is 0.143. The zero-order valence-corrected chi connectivity index (χ0v) is 10.6. The minimum absolute atomic E-state index is 0.00796. The van der Waals surface area contributed by atoms with Crippen LogP contribution in [0.2, 0.25) is 0 Å². The van der Waals surface area contributed by atoms with Crippen molar-refractivity contribution in [2.45, 2.75) is 13.5 Å². The number of anilines is 2. The molecule has 2 aromatic carbocycles. The third kappa shape index (κ3) is 3.45. The molecule has 0 amide bonds. The van der Waals surface area contributed by atoms with Crippen LogP contribution < -0.4 is 11.1 Å². The van der Waals surface area contributed by atoms with Crippen molar-refractivity contribution >= 4 is 17.1 Å². The Bertz CT molecular complexity index is 594. The van der Waals surface area contributed by atoms with Crippen LogP contribution in [-0.4, -0.2) is 4.92 Å². The zero-order chi connectivity index (χ0) is 13.8. The first kappa shape index (κ1) is 12.9. The van der Waals surface area contributed by atoms with E-state index in [9.17, 15) is 10.1 Å². The van der Waals surface area contributed by atoms with Gasteiger partial charge in [0.05, 0.1) is 4.92 Å². The summed E-state index contributed by atoms with van der Waals surface area (Å²) in [5.41, 5.74) is 8.96. The SMILES string of the molecule is Cc1ccc(CNc2cc(N)cc([N+](=O)[O-])c2)cc1. The normalized spacial score (nSPS) is 10.2. The Morgan fingerprint density at radius 2 is 1.89 bits per heavy atom. The number of nitro benzene ring substituents is 1. The Morgan fingerprint density at radius 3 is 2.53 bits per heavy atom. The average molecular weight is 257 g/mol. The Hall–Kier alpha value is -2.56. The Morgan fingerprint density at radius 1 is 1.21 bits per heavy atom. The highest BCUT2D eigenvalue weighted by molar-refractivity contribution is 5.61. The van der Waals surface area contributed by atoms with E-state index in [1.165, 1.54) is 17.7 Å². The van der Waals surface area contributed by atoms with Crippen LogP contribution in [-0.2, 0) is 6.54 Å². The number of nitro groups is 1. The summed E-state index contributed by atoms with van der Waals surface area (Å²) < 4.78 is 0. The average Bonchev–Trinajstić information content (AvgIpc) is 2.37. The molecule has 0 bridgehead atoms. The Balaban J connectivity index is 2.11. The van der Waals surface area contributed by atoms with E-state index in [0.717, 1.165) is 5.56 Å². The van der Waals surface area contributed by atoms with Gasteiger partial charge in [-0.1, -0.05) is 29.8 Å². The minimum Gasteiger partial charge on any atom is -0.398 e. The molecule has 0 spiro atoms. The molecule has 0 heterocycles. The standard InChI is InChI=1S/C14H15N3O2/c1-10-2-4-11(5-3-10)9-16-13-6-12(15)7-14(8-13)17(18)19/h2-8,16H,9,15H2,1H3. The maximum atomic E-state index is 10.7. The van der Waals surface area contributed by atoms with Crippen LogP contribution >= 0.6 is 0 Å². The molecule has 0 aliphatic heterocycles. The molecule has 0 aliphatic carbocycles. The van der Waals surface area contributed by atoms with Crippen molar-refractivity contribution in [2.75, 3.05) is 11.1 Å². The van der Waals surface area contributed by atoms with Gasteiger partial charge in [0.1, 0.15) is 0 Å². The third-order valence-corrected chi connectivity index (χ3v) is 2.77. The van der Waals surface area contributed by atoms with Crippen LogP contribution in [0.25, 0.3) is 0 Å². The summed E-state index contributed by atoms with van der Waals surface area (Å²) in [6, 6.07) is 12.6. The largest absolute Gasteiger partial charge is 0.398 e.